The van der Waals surface area contributed by atoms with Crippen LogP contribution in [0.15, 0.2) is 35.3 Å². The fourth-order valence-electron chi connectivity index (χ4n) is 3.46. The maximum absolute atomic E-state index is 4.48. The summed E-state index contributed by atoms with van der Waals surface area (Å²) in [4.78, 5) is 6.86. The van der Waals surface area contributed by atoms with E-state index < -0.39 is 0 Å². The number of hydrogen-bond acceptors (Lipinski definition) is 3. The molecule has 148 valence electrons. The summed E-state index contributed by atoms with van der Waals surface area (Å²) in [6, 6.07) is 11.0. The number of aliphatic imine (C=N–C) groups is 1. The van der Waals surface area contributed by atoms with Crippen LogP contribution in [0.1, 0.15) is 42.4 Å². The zero-order valence-electron chi connectivity index (χ0n) is 17.6. The fraction of sp³-hybridized carbons (Fsp3) is 0.524. The van der Waals surface area contributed by atoms with Crippen LogP contribution in [0, 0.1) is 13.8 Å². The van der Waals surface area contributed by atoms with Gasteiger partial charge >= 0.3 is 0 Å². The second-order valence-corrected chi connectivity index (χ2v) is 6.73. The van der Waals surface area contributed by atoms with E-state index in [1.807, 2.05) is 25.7 Å². The molecule has 1 aromatic heterocycles. The van der Waals surface area contributed by atoms with Crippen LogP contribution in [-0.2, 0) is 13.6 Å². The lowest BCUT2D eigenvalue weighted by atomic mass is 10.1. The van der Waals surface area contributed by atoms with Gasteiger partial charge in [-0.1, -0.05) is 44.2 Å². The number of nitrogens with zero attached hydrogens (tertiary/aromatic N) is 4. The topological polar surface area (TPSA) is 57.5 Å². The minimum atomic E-state index is 0.307. The molecule has 0 aliphatic carbocycles. The Bertz CT molecular complexity index is 731. The number of likely N-dealkylation sites (N-methyl/N-ethyl adjacent to an activating group) is 1. The average Bonchev–Trinajstić information content (AvgIpc) is 2.93. The van der Waals surface area contributed by atoms with E-state index in [1.165, 1.54) is 16.8 Å². The molecule has 2 N–H and O–H groups in total. The first-order valence-corrected chi connectivity index (χ1v) is 9.74. The van der Waals surface area contributed by atoms with Gasteiger partial charge in [0, 0.05) is 38.4 Å². The van der Waals surface area contributed by atoms with Crippen LogP contribution in [0.2, 0.25) is 0 Å². The van der Waals surface area contributed by atoms with Crippen LogP contribution >= 0.6 is 0 Å². The Kier molecular flexibility index (Phi) is 7.85. The van der Waals surface area contributed by atoms with Crippen molar-refractivity contribution in [2.24, 2.45) is 12.0 Å². The van der Waals surface area contributed by atoms with E-state index in [-0.39, 0.29) is 0 Å². The molecule has 1 atom stereocenters. The first-order valence-electron chi connectivity index (χ1n) is 9.74. The standard InChI is InChI=1S/C21H34N6/c1-7-27(8-2)20(18-12-10-9-11-13-18)15-24-21(22-5)23-14-19-16(3)25-26(6)17(19)4/h9-13,20H,7-8,14-15H2,1-6H3,(H2,22,23,24). The zero-order valence-corrected chi connectivity index (χ0v) is 17.6. The Morgan fingerprint density at radius 3 is 2.33 bits per heavy atom. The molecule has 1 aromatic carbocycles. The van der Waals surface area contributed by atoms with E-state index in [9.17, 15) is 0 Å². The molecule has 0 fully saturated rings. The minimum Gasteiger partial charge on any atom is -0.354 e. The van der Waals surface area contributed by atoms with E-state index in [1.54, 1.807) is 0 Å². The van der Waals surface area contributed by atoms with Crippen LogP contribution in [0.5, 0.6) is 0 Å². The van der Waals surface area contributed by atoms with Crippen molar-refractivity contribution in [2.45, 2.75) is 40.3 Å². The molecule has 0 amide bonds. The van der Waals surface area contributed by atoms with E-state index in [0.717, 1.165) is 31.3 Å². The van der Waals surface area contributed by atoms with Crippen LogP contribution < -0.4 is 10.6 Å². The SMILES string of the molecule is CCN(CC)C(CNC(=NC)NCc1c(C)nn(C)c1C)c1ccccc1. The lowest BCUT2D eigenvalue weighted by molar-refractivity contribution is 0.219. The molecule has 0 aliphatic heterocycles. The fourth-order valence-corrected chi connectivity index (χ4v) is 3.46. The summed E-state index contributed by atoms with van der Waals surface area (Å²) in [5, 5.41) is 11.4. The Labute approximate surface area is 163 Å². The first kappa shape index (κ1) is 21.0. The summed E-state index contributed by atoms with van der Waals surface area (Å²) in [7, 11) is 3.79. The quantitative estimate of drug-likeness (QED) is 0.554. The summed E-state index contributed by atoms with van der Waals surface area (Å²) in [6.45, 7) is 12.1. The maximum atomic E-state index is 4.48. The van der Waals surface area contributed by atoms with E-state index in [4.69, 9.17) is 0 Å². The van der Waals surface area contributed by atoms with Gasteiger partial charge in [-0.3, -0.25) is 14.6 Å². The summed E-state index contributed by atoms with van der Waals surface area (Å²) in [5.41, 5.74) is 4.79. The minimum absolute atomic E-state index is 0.307. The normalized spacial score (nSPS) is 13.1. The number of guanidine groups is 1. The van der Waals surface area contributed by atoms with Crippen LogP contribution in [0.4, 0.5) is 0 Å². The van der Waals surface area contributed by atoms with E-state index >= 15 is 0 Å². The highest BCUT2D eigenvalue weighted by molar-refractivity contribution is 5.79. The summed E-state index contributed by atoms with van der Waals surface area (Å²) in [6.07, 6.45) is 0. The molecule has 27 heavy (non-hydrogen) atoms. The molecule has 1 heterocycles. The Balaban J connectivity index is 2.03. The van der Waals surface area contributed by atoms with Crippen molar-refractivity contribution in [1.82, 2.24) is 25.3 Å². The third-order valence-corrected chi connectivity index (χ3v) is 5.22. The predicted octanol–water partition coefficient (Wildman–Crippen LogP) is 2.79. The number of aryl methyl sites for hydroxylation is 2. The van der Waals surface area contributed by atoms with Crippen molar-refractivity contribution in [3.05, 3.63) is 52.8 Å². The van der Waals surface area contributed by atoms with Gasteiger partial charge in [-0.2, -0.15) is 5.10 Å². The summed E-state index contributed by atoms with van der Waals surface area (Å²) < 4.78 is 1.92. The number of rotatable bonds is 8. The highest BCUT2D eigenvalue weighted by atomic mass is 15.3. The number of benzene rings is 1. The molecule has 2 aromatic rings. The zero-order chi connectivity index (χ0) is 19.8. The van der Waals surface area contributed by atoms with Crippen molar-refractivity contribution < 1.29 is 0 Å². The Morgan fingerprint density at radius 2 is 1.81 bits per heavy atom. The number of nitrogens with one attached hydrogen (secondary N) is 2. The largest absolute Gasteiger partial charge is 0.354 e. The lowest BCUT2D eigenvalue weighted by Crippen LogP contribution is -2.43. The van der Waals surface area contributed by atoms with Gasteiger partial charge in [-0.05, 0) is 32.5 Å². The van der Waals surface area contributed by atoms with Gasteiger partial charge in [0.25, 0.3) is 0 Å². The van der Waals surface area contributed by atoms with E-state index in [2.05, 4.69) is 76.7 Å². The van der Waals surface area contributed by atoms with Crippen molar-refractivity contribution in [2.75, 3.05) is 26.7 Å². The highest BCUT2D eigenvalue weighted by Crippen LogP contribution is 2.19. The van der Waals surface area contributed by atoms with Crippen LogP contribution in [0.3, 0.4) is 0 Å². The van der Waals surface area contributed by atoms with Crippen LogP contribution in [-0.4, -0.2) is 47.3 Å². The van der Waals surface area contributed by atoms with Gasteiger partial charge in [0.15, 0.2) is 5.96 Å². The molecule has 1 unspecified atom stereocenters. The molecule has 6 nitrogen and oxygen atoms in total. The monoisotopic (exact) mass is 370 g/mol. The molecule has 0 aliphatic rings. The molecule has 0 radical (unpaired) electrons. The Hall–Kier alpha value is -2.34. The second kappa shape index (κ2) is 10.1. The number of hydrogen-bond donors (Lipinski definition) is 2. The smallest absolute Gasteiger partial charge is 0.191 e. The molecule has 6 heteroatoms. The van der Waals surface area contributed by atoms with Crippen molar-refractivity contribution in [3.63, 3.8) is 0 Å². The molecule has 0 saturated carbocycles. The van der Waals surface area contributed by atoms with Crippen LogP contribution in [0.25, 0.3) is 0 Å². The van der Waals surface area contributed by atoms with Gasteiger partial charge in [0.05, 0.1) is 11.7 Å². The Morgan fingerprint density at radius 1 is 1.15 bits per heavy atom. The molecule has 0 bridgehead atoms. The van der Waals surface area contributed by atoms with E-state index in [0.29, 0.717) is 12.6 Å². The summed E-state index contributed by atoms with van der Waals surface area (Å²) >= 11 is 0. The van der Waals surface area contributed by atoms with Gasteiger partial charge < -0.3 is 10.6 Å². The second-order valence-electron chi connectivity index (χ2n) is 6.73. The van der Waals surface area contributed by atoms with Gasteiger partial charge in [-0.15, -0.1) is 0 Å². The summed E-state index contributed by atoms with van der Waals surface area (Å²) in [5.74, 6) is 0.811. The maximum Gasteiger partial charge on any atom is 0.191 e. The highest BCUT2D eigenvalue weighted by Gasteiger charge is 2.18. The van der Waals surface area contributed by atoms with Gasteiger partial charge in [-0.25, -0.2) is 0 Å². The molecule has 0 saturated heterocycles. The van der Waals surface area contributed by atoms with Crippen molar-refractivity contribution >= 4 is 5.96 Å². The molecular weight excluding hydrogens is 336 g/mol. The predicted molar refractivity (Wildman–Crippen MR) is 113 cm³/mol. The third-order valence-electron chi connectivity index (χ3n) is 5.22. The third kappa shape index (κ3) is 5.32. The van der Waals surface area contributed by atoms with Crippen molar-refractivity contribution in [3.8, 4) is 0 Å². The average molecular weight is 371 g/mol. The van der Waals surface area contributed by atoms with Gasteiger partial charge in [0.2, 0.25) is 0 Å². The van der Waals surface area contributed by atoms with Crippen molar-refractivity contribution in [1.29, 1.82) is 0 Å². The molecule has 0 spiro atoms. The molecule has 2 rings (SSSR count). The van der Waals surface area contributed by atoms with Gasteiger partial charge in [0.1, 0.15) is 0 Å². The first-order chi connectivity index (χ1) is 13.0. The molecular formula is C21H34N6. The number of aromatic nitrogens is 2. The lowest BCUT2D eigenvalue weighted by Gasteiger charge is -2.30.